The largest absolute Gasteiger partial charge is 0.467 e. The lowest BCUT2D eigenvalue weighted by Gasteiger charge is -2.49. The van der Waals surface area contributed by atoms with Crippen molar-refractivity contribution in [2.24, 2.45) is 0 Å². The number of furan rings is 1. The average molecular weight is 349 g/mol. The minimum atomic E-state index is -1.01. The molecule has 2 aliphatic rings. The number of nitrogens with zero attached hydrogens (tertiary/aromatic N) is 2. The summed E-state index contributed by atoms with van der Waals surface area (Å²) in [5.74, 6) is 0.583. The van der Waals surface area contributed by atoms with E-state index in [1.165, 1.54) is 0 Å². The van der Waals surface area contributed by atoms with Crippen LogP contribution in [0, 0.1) is 0 Å². The third-order valence-electron chi connectivity index (χ3n) is 5.68. The van der Waals surface area contributed by atoms with Gasteiger partial charge in [-0.25, -0.2) is 0 Å². The Morgan fingerprint density at radius 3 is 2.85 bits per heavy atom. The summed E-state index contributed by atoms with van der Waals surface area (Å²) in [6.45, 7) is 2.81. The number of hydrogen-bond acceptors (Lipinski definition) is 3. The molecule has 6 nitrogen and oxygen atoms in total. The first-order valence-corrected chi connectivity index (χ1v) is 8.81. The van der Waals surface area contributed by atoms with Crippen molar-refractivity contribution in [3.05, 3.63) is 59.7 Å². The molecule has 1 unspecified atom stereocenters. The van der Waals surface area contributed by atoms with Crippen LogP contribution in [0.2, 0.25) is 0 Å². The quantitative estimate of drug-likeness (QED) is 0.772. The first-order valence-electron chi connectivity index (χ1n) is 8.81. The third kappa shape index (κ3) is 1.92. The van der Waals surface area contributed by atoms with Crippen molar-refractivity contribution in [3.8, 4) is 0 Å². The number of amides is 2. The molecule has 2 amide bonds. The number of H-pyrrole nitrogens is 1. The molecule has 1 saturated heterocycles. The van der Waals surface area contributed by atoms with E-state index in [2.05, 4.69) is 11.1 Å². The molecule has 1 aromatic carbocycles. The van der Waals surface area contributed by atoms with Gasteiger partial charge in [-0.05, 0) is 37.1 Å². The van der Waals surface area contributed by atoms with E-state index in [0.29, 0.717) is 18.8 Å². The van der Waals surface area contributed by atoms with Gasteiger partial charge in [-0.2, -0.15) is 0 Å². The minimum Gasteiger partial charge on any atom is -0.467 e. The van der Waals surface area contributed by atoms with Gasteiger partial charge in [-0.15, -0.1) is 0 Å². The monoisotopic (exact) mass is 349 g/mol. The summed E-state index contributed by atoms with van der Waals surface area (Å²) in [5, 5.41) is 1.13. The smallest absolute Gasteiger partial charge is 0.255 e. The molecule has 0 saturated carbocycles. The van der Waals surface area contributed by atoms with E-state index in [1.54, 1.807) is 22.1 Å². The van der Waals surface area contributed by atoms with E-state index < -0.39 is 5.54 Å². The number of carbonyl (C=O) groups is 2. The number of benzene rings is 1. The van der Waals surface area contributed by atoms with Crippen molar-refractivity contribution in [3.63, 3.8) is 0 Å². The molecule has 1 atom stereocenters. The number of piperazine rings is 1. The highest BCUT2D eigenvalue weighted by atomic mass is 16.3. The molecule has 26 heavy (non-hydrogen) atoms. The average Bonchev–Trinajstić information content (AvgIpc) is 3.27. The van der Waals surface area contributed by atoms with Gasteiger partial charge < -0.3 is 19.2 Å². The maximum atomic E-state index is 13.5. The van der Waals surface area contributed by atoms with Gasteiger partial charge in [0.05, 0.1) is 18.5 Å². The normalized spacial score (nSPS) is 22.7. The Kier molecular flexibility index (Phi) is 3.07. The van der Waals surface area contributed by atoms with Gasteiger partial charge in [0.15, 0.2) is 5.54 Å². The molecule has 6 heteroatoms. The lowest BCUT2D eigenvalue weighted by molar-refractivity contribution is -0.166. The van der Waals surface area contributed by atoms with Crippen molar-refractivity contribution in [2.75, 3.05) is 13.1 Å². The molecule has 3 aromatic rings. The third-order valence-corrected chi connectivity index (χ3v) is 5.68. The maximum Gasteiger partial charge on any atom is 0.255 e. The number of nitrogens with one attached hydrogen (secondary N) is 1. The van der Waals surface area contributed by atoms with Crippen LogP contribution in [-0.4, -0.2) is 39.7 Å². The van der Waals surface area contributed by atoms with E-state index in [9.17, 15) is 9.59 Å². The number of aromatic amines is 1. The predicted octanol–water partition coefficient (Wildman–Crippen LogP) is 2.40. The van der Waals surface area contributed by atoms with Crippen LogP contribution in [0.1, 0.15) is 23.9 Å². The molecular formula is C20H19N3O3. The highest BCUT2D eigenvalue weighted by Gasteiger charge is 2.54. The fourth-order valence-corrected chi connectivity index (χ4v) is 4.40. The molecule has 2 aliphatic heterocycles. The van der Waals surface area contributed by atoms with Crippen LogP contribution in [0.4, 0.5) is 0 Å². The van der Waals surface area contributed by atoms with Crippen LogP contribution in [0.5, 0.6) is 0 Å². The summed E-state index contributed by atoms with van der Waals surface area (Å²) in [6, 6.07) is 11.7. The Balaban J connectivity index is 1.63. The summed E-state index contributed by atoms with van der Waals surface area (Å²) in [5.41, 5.74) is 1.98. The van der Waals surface area contributed by atoms with Crippen molar-refractivity contribution < 1.29 is 14.0 Å². The van der Waals surface area contributed by atoms with Gasteiger partial charge in [-0.3, -0.25) is 9.59 Å². The van der Waals surface area contributed by atoms with Gasteiger partial charge in [0, 0.05) is 17.4 Å². The van der Waals surface area contributed by atoms with E-state index in [-0.39, 0.29) is 18.4 Å². The standard InChI is InChI=1S/C20H19N3O3/c1-20-18-15(14-6-2-3-7-16(14)21-18)8-9-23(20)17(24)12-22(19(20)25)11-13-5-4-10-26-13/h2-7,10,21H,8-9,11-12H2,1H3. The first-order chi connectivity index (χ1) is 12.6. The van der Waals surface area contributed by atoms with Crippen molar-refractivity contribution >= 4 is 22.7 Å². The molecule has 0 aliphatic carbocycles. The summed E-state index contributed by atoms with van der Waals surface area (Å²) in [7, 11) is 0. The predicted molar refractivity (Wildman–Crippen MR) is 95.2 cm³/mol. The highest BCUT2D eigenvalue weighted by molar-refractivity contribution is 6.00. The molecule has 0 radical (unpaired) electrons. The molecule has 0 spiro atoms. The zero-order valence-corrected chi connectivity index (χ0v) is 14.5. The number of para-hydroxylation sites is 1. The Labute approximate surface area is 150 Å². The van der Waals surface area contributed by atoms with Crippen LogP contribution >= 0.6 is 0 Å². The van der Waals surface area contributed by atoms with Crippen molar-refractivity contribution in [2.45, 2.75) is 25.4 Å². The number of hydrogen-bond donors (Lipinski definition) is 1. The Bertz CT molecular complexity index is 1020. The topological polar surface area (TPSA) is 69.6 Å². The van der Waals surface area contributed by atoms with Crippen LogP contribution < -0.4 is 0 Å². The zero-order valence-electron chi connectivity index (χ0n) is 14.5. The zero-order chi connectivity index (χ0) is 17.9. The van der Waals surface area contributed by atoms with Crippen LogP contribution in [0.15, 0.2) is 47.1 Å². The molecular weight excluding hydrogens is 330 g/mol. The van der Waals surface area contributed by atoms with Crippen molar-refractivity contribution in [1.82, 2.24) is 14.8 Å². The summed E-state index contributed by atoms with van der Waals surface area (Å²) < 4.78 is 5.38. The highest BCUT2D eigenvalue weighted by Crippen LogP contribution is 2.42. The summed E-state index contributed by atoms with van der Waals surface area (Å²) in [6.07, 6.45) is 2.34. The second kappa shape index (κ2) is 5.24. The number of fused-ring (bicyclic) bond motifs is 5. The van der Waals surface area contributed by atoms with Crippen LogP contribution in [-0.2, 0) is 28.1 Å². The maximum absolute atomic E-state index is 13.5. The van der Waals surface area contributed by atoms with Crippen LogP contribution in [0.25, 0.3) is 10.9 Å². The number of carbonyl (C=O) groups excluding carboxylic acids is 2. The van der Waals surface area contributed by atoms with Crippen molar-refractivity contribution in [1.29, 1.82) is 0 Å². The molecule has 4 heterocycles. The molecule has 5 rings (SSSR count). The van der Waals surface area contributed by atoms with Crippen LogP contribution in [0.3, 0.4) is 0 Å². The van der Waals surface area contributed by atoms with E-state index in [1.807, 2.05) is 31.2 Å². The Morgan fingerprint density at radius 1 is 1.19 bits per heavy atom. The second-order valence-electron chi connectivity index (χ2n) is 7.13. The SMILES string of the molecule is CC12C(=O)N(Cc3ccco3)CC(=O)N1CCc1c2[nH]c2ccccc12. The Morgan fingerprint density at radius 2 is 2.04 bits per heavy atom. The second-order valence-corrected chi connectivity index (χ2v) is 7.13. The lowest BCUT2D eigenvalue weighted by Crippen LogP contribution is -2.66. The lowest BCUT2D eigenvalue weighted by atomic mass is 9.83. The van der Waals surface area contributed by atoms with Gasteiger partial charge >= 0.3 is 0 Å². The van der Waals surface area contributed by atoms with Gasteiger partial charge in [0.25, 0.3) is 5.91 Å². The number of rotatable bonds is 2. The molecule has 132 valence electrons. The molecule has 2 aromatic heterocycles. The van der Waals surface area contributed by atoms with E-state index in [4.69, 9.17) is 4.42 Å². The molecule has 1 fully saturated rings. The summed E-state index contributed by atoms with van der Waals surface area (Å²) in [4.78, 5) is 33.0. The van der Waals surface area contributed by atoms with Gasteiger partial charge in [0.2, 0.25) is 5.91 Å². The Hall–Kier alpha value is -3.02. The van der Waals surface area contributed by atoms with E-state index in [0.717, 1.165) is 28.6 Å². The number of aromatic nitrogens is 1. The first kappa shape index (κ1) is 15.3. The fourth-order valence-electron chi connectivity index (χ4n) is 4.40. The van der Waals surface area contributed by atoms with Gasteiger partial charge in [-0.1, -0.05) is 18.2 Å². The minimum absolute atomic E-state index is 0.0250. The fraction of sp³-hybridized carbons (Fsp3) is 0.300. The molecule has 1 N–H and O–H groups in total. The molecule has 0 bridgehead atoms. The van der Waals surface area contributed by atoms with E-state index >= 15 is 0 Å². The van der Waals surface area contributed by atoms with Gasteiger partial charge in [0.1, 0.15) is 12.3 Å². The summed E-state index contributed by atoms with van der Waals surface area (Å²) >= 11 is 0.